The molecule has 36 heavy (non-hydrogen) atoms. The number of nitrogens with zero attached hydrogens (tertiary/aromatic N) is 2. The summed E-state index contributed by atoms with van der Waals surface area (Å²) in [7, 11) is -3.06. The number of amides is 1. The minimum absolute atomic E-state index is 0.139. The molecule has 4 aromatic rings. The Balaban J connectivity index is 1.64. The maximum Gasteiger partial charge on any atom is 0.278 e. The van der Waals surface area contributed by atoms with Crippen LogP contribution in [-0.2, 0) is 6.61 Å². The van der Waals surface area contributed by atoms with Crippen molar-refractivity contribution >= 4 is 55.3 Å². The zero-order valence-electron chi connectivity index (χ0n) is 18.5. The van der Waals surface area contributed by atoms with Crippen molar-refractivity contribution in [2.45, 2.75) is 6.61 Å². The van der Waals surface area contributed by atoms with E-state index in [2.05, 4.69) is 25.2 Å². The lowest BCUT2D eigenvalue weighted by Crippen LogP contribution is -2.13. The van der Waals surface area contributed by atoms with Crippen LogP contribution in [0.15, 0.2) is 66.9 Å². The predicted molar refractivity (Wildman–Crippen MR) is 141 cm³/mol. The number of nitrogens with two attached hydrogens (primary N) is 1. The minimum atomic E-state index is -3.06. The van der Waals surface area contributed by atoms with Crippen molar-refractivity contribution in [3.05, 3.63) is 83.0 Å². The van der Waals surface area contributed by atoms with Gasteiger partial charge in [-0.2, -0.15) is 13.5 Å². The van der Waals surface area contributed by atoms with E-state index in [1.165, 1.54) is 0 Å². The zero-order valence-corrected chi connectivity index (χ0v) is 21.0. The van der Waals surface area contributed by atoms with Crippen LogP contribution in [0.1, 0.15) is 15.9 Å². The molecule has 2 aromatic heterocycles. The van der Waals surface area contributed by atoms with Crippen LogP contribution in [-0.4, -0.2) is 26.6 Å². The SMILES string of the molecule is NC(=O)c1c(-c2ccc(NSCP(F)F)c(OCc3ccc(Cl)cc3)c2)n[nH]c1Nc1ccccn1. The van der Waals surface area contributed by atoms with Gasteiger partial charge in [0.25, 0.3) is 14.5 Å². The van der Waals surface area contributed by atoms with Gasteiger partial charge in [0.1, 0.15) is 35.2 Å². The number of benzene rings is 2. The molecule has 0 unspecified atom stereocenters. The average molecular weight is 549 g/mol. The summed E-state index contributed by atoms with van der Waals surface area (Å²) >= 11 is 6.83. The molecule has 186 valence electrons. The normalized spacial score (nSPS) is 10.9. The number of halogens is 3. The van der Waals surface area contributed by atoms with Crippen molar-refractivity contribution in [2.24, 2.45) is 5.73 Å². The Kier molecular flexibility index (Phi) is 8.58. The Morgan fingerprint density at radius 3 is 2.67 bits per heavy atom. The lowest BCUT2D eigenvalue weighted by atomic mass is 10.1. The number of primary amides is 1. The average Bonchev–Trinajstić information content (AvgIpc) is 3.28. The Hall–Kier alpha value is -3.40. The number of pyridine rings is 1. The summed E-state index contributed by atoms with van der Waals surface area (Å²) in [6, 6.07) is 17.4. The number of ether oxygens (including phenoxy) is 1. The second-order valence-corrected chi connectivity index (χ2v) is 9.90. The predicted octanol–water partition coefficient (Wildman–Crippen LogP) is 6.82. The molecule has 0 aliphatic carbocycles. The van der Waals surface area contributed by atoms with Crippen LogP contribution in [0.2, 0.25) is 5.02 Å². The Morgan fingerprint density at radius 2 is 1.97 bits per heavy atom. The quantitative estimate of drug-likeness (QED) is 0.120. The van der Waals surface area contributed by atoms with Crippen LogP contribution >= 0.6 is 32.1 Å². The lowest BCUT2D eigenvalue weighted by Gasteiger charge is -2.14. The van der Waals surface area contributed by atoms with Crippen LogP contribution in [0.5, 0.6) is 5.75 Å². The van der Waals surface area contributed by atoms with Gasteiger partial charge in [-0.15, -0.1) is 0 Å². The van der Waals surface area contributed by atoms with Gasteiger partial charge in [0.15, 0.2) is 0 Å². The molecule has 0 saturated carbocycles. The van der Waals surface area contributed by atoms with Crippen molar-refractivity contribution in [2.75, 3.05) is 15.5 Å². The number of H-pyrrole nitrogens is 1. The van der Waals surface area contributed by atoms with Gasteiger partial charge in [0.2, 0.25) is 0 Å². The number of rotatable bonds is 11. The highest BCUT2D eigenvalue weighted by molar-refractivity contribution is 8.05. The van der Waals surface area contributed by atoms with Crippen LogP contribution in [0, 0.1) is 0 Å². The second kappa shape index (κ2) is 12.0. The van der Waals surface area contributed by atoms with Gasteiger partial charge in [-0.3, -0.25) is 9.89 Å². The number of hydrogen-bond donors (Lipinski definition) is 4. The highest BCUT2D eigenvalue weighted by Gasteiger charge is 2.21. The van der Waals surface area contributed by atoms with Crippen molar-refractivity contribution < 1.29 is 17.9 Å². The first-order valence-electron chi connectivity index (χ1n) is 10.5. The van der Waals surface area contributed by atoms with Crippen molar-refractivity contribution in [3.8, 4) is 17.0 Å². The molecule has 8 nitrogen and oxygen atoms in total. The molecule has 5 N–H and O–H groups in total. The van der Waals surface area contributed by atoms with Gasteiger partial charge in [-0.25, -0.2) is 4.98 Å². The molecule has 0 saturated heterocycles. The molecule has 0 aliphatic heterocycles. The topological polar surface area (TPSA) is 118 Å². The van der Waals surface area contributed by atoms with E-state index in [1.54, 1.807) is 54.7 Å². The third-order valence-corrected chi connectivity index (χ3v) is 6.75. The molecule has 0 spiro atoms. The molecule has 1 amide bonds. The van der Waals surface area contributed by atoms with Crippen LogP contribution in [0.4, 0.5) is 25.7 Å². The van der Waals surface area contributed by atoms with E-state index < -0.39 is 14.5 Å². The Morgan fingerprint density at radius 1 is 1.17 bits per heavy atom. The number of carbonyl (C=O) groups excluding carboxylic acids is 1. The van der Waals surface area contributed by atoms with Gasteiger partial charge in [-0.05, 0) is 53.9 Å². The van der Waals surface area contributed by atoms with E-state index in [0.717, 1.165) is 17.5 Å². The summed E-state index contributed by atoms with van der Waals surface area (Å²) in [5.74, 6) is 0.476. The standard InChI is InChI=1S/C23H20ClF2N6O2PS/c24-16-7-4-14(5-8-16)12-34-18-11-15(6-9-17(18)32-36-13-35(25)26)21-20(22(27)33)23(31-30-21)29-19-3-1-2-10-28-19/h1-11,32H,12-13H2,(H2,27,33)(H2,28,29,30,31). The molecule has 0 aliphatic rings. The van der Waals surface area contributed by atoms with Gasteiger partial charge >= 0.3 is 0 Å². The number of anilines is 3. The fraction of sp³-hybridized carbons (Fsp3) is 0.0870. The largest absolute Gasteiger partial charge is 0.487 e. The Labute approximate surface area is 216 Å². The second-order valence-electron chi connectivity index (χ2n) is 7.33. The number of nitrogens with one attached hydrogen (secondary N) is 3. The zero-order chi connectivity index (χ0) is 25.5. The number of aromatic nitrogens is 3. The molecule has 0 bridgehead atoms. The van der Waals surface area contributed by atoms with E-state index >= 15 is 0 Å². The van der Waals surface area contributed by atoms with Crippen molar-refractivity contribution in [3.63, 3.8) is 0 Å². The van der Waals surface area contributed by atoms with Crippen molar-refractivity contribution in [1.29, 1.82) is 0 Å². The molecular formula is C23H20ClF2N6O2PS. The fourth-order valence-electron chi connectivity index (χ4n) is 3.22. The summed E-state index contributed by atoms with van der Waals surface area (Å²) in [5.41, 5.74) is 7.67. The summed E-state index contributed by atoms with van der Waals surface area (Å²) in [5, 5.41) is 10.7. The first-order valence-corrected chi connectivity index (χ1v) is 13.1. The molecule has 2 heterocycles. The van der Waals surface area contributed by atoms with E-state index in [4.69, 9.17) is 22.1 Å². The summed E-state index contributed by atoms with van der Waals surface area (Å²) < 4.78 is 34.3. The number of aromatic amines is 1. The van der Waals surface area contributed by atoms with E-state index in [1.807, 2.05) is 12.1 Å². The van der Waals surface area contributed by atoms with Gasteiger partial charge < -0.3 is 20.5 Å². The van der Waals surface area contributed by atoms with E-state index in [9.17, 15) is 13.2 Å². The minimum Gasteiger partial charge on any atom is -0.487 e. The number of hydrogen-bond acceptors (Lipinski definition) is 7. The van der Waals surface area contributed by atoms with Crippen LogP contribution in [0.3, 0.4) is 0 Å². The Bertz CT molecular complexity index is 1330. The fourth-order valence-corrected chi connectivity index (χ4v) is 4.32. The summed E-state index contributed by atoms with van der Waals surface area (Å²) in [6.45, 7) is 0.203. The molecule has 13 heteroatoms. The van der Waals surface area contributed by atoms with E-state index in [0.29, 0.717) is 33.5 Å². The molecule has 2 aromatic carbocycles. The maximum absolute atomic E-state index is 12.7. The monoisotopic (exact) mass is 548 g/mol. The molecule has 0 fully saturated rings. The highest BCUT2D eigenvalue weighted by atomic mass is 35.5. The molecule has 4 rings (SSSR count). The molecule has 0 radical (unpaired) electrons. The molecular weight excluding hydrogens is 529 g/mol. The first-order chi connectivity index (χ1) is 17.4. The maximum atomic E-state index is 12.7. The highest BCUT2D eigenvalue weighted by Crippen LogP contribution is 2.43. The van der Waals surface area contributed by atoms with Gasteiger partial charge in [0, 0.05) is 16.8 Å². The van der Waals surface area contributed by atoms with Crippen molar-refractivity contribution in [1.82, 2.24) is 15.2 Å². The summed E-state index contributed by atoms with van der Waals surface area (Å²) in [4.78, 5) is 16.5. The number of carbonyl (C=O) groups is 1. The van der Waals surface area contributed by atoms with Gasteiger partial charge in [-0.1, -0.05) is 35.9 Å². The van der Waals surface area contributed by atoms with E-state index in [-0.39, 0.29) is 23.5 Å². The third kappa shape index (κ3) is 6.63. The lowest BCUT2D eigenvalue weighted by molar-refractivity contribution is 0.100. The van der Waals surface area contributed by atoms with Crippen LogP contribution < -0.4 is 20.5 Å². The third-order valence-electron chi connectivity index (χ3n) is 4.84. The smallest absolute Gasteiger partial charge is 0.278 e. The first kappa shape index (κ1) is 25.7. The van der Waals surface area contributed by atoms with Gasteiger partial charge in [0.05, 0.1) is 11.2 Å². The molecule has 0 atom stereocenters. The van der Waals surface area contributed by atoms with Crippen LogP contribution in [0.25, 0.3) is 11.3 Å². The summed E-state index contributed by atoms with van der Waals surface area (Å²) in [6.07, 6.45) is 1.60.